The maximum Gasteiger partial charge on any atom is 0.254 e. The molecule has 1 aliphatic rings. The largest absolute Gasteiger partial charge is 0.361 e. The highest BCUT2D eigenvalue weighted by Gasteiger charge is 2.31. The third-order valence-electron chi connectivity index (χ3n) is 5.31. The van der Waals surface area contributed by atoms with Crippen LogP contribution in [0.25, 0.3) is 11.4 Å². The molecule has 0 N–H and O–H groups in total. The minimum absolute atomic E-state index is 0.177. The van der Waals surface area contributed by atoms with Crippen LogP contribution in [0.1, 0.15) is 58.5 Å². The lowest BCUT2D eigenvalue weighted by Gasteiger charge is -2.35. The molecule has 1 aromatic carbocycles. The fourth-order valence-electron chi connectivity index (χ4n) is 3.95. The molecule has 0 radical (unpaired) electrons. The standard InChI is InChI=1S/C22H23FN4O2/c1-13-11-18(25-21(24-13)20-14(2)26-29-15(20)3)19-9-4-5-10-27(19)22(28)16-7-6-8-17(23)12-16/h6-8,11-12,19H,4-5,9-10H2,1-3H3/t19-/m0/s1. The molecule has 1 atom stereocenters. The van der Waals surface area contributed by atoms with Crippen LogP contribution in [-0.4, -0.2) is 32.5 Å². The third kappa shape index (κ3) is 3.77. The van der Waals surface area contributed by atoms with Gasteiger partial charge in [0.15, 0.2) is 5.82 Å². The lowest BCUT2D eigenvalue weighted by Crippen LogP contribution is -2.39. The molecule has 0 aliphatic carbocycles. The summed E-state index contributed by atoms with van der Waals surface area (Å²) in [5.74, 6) is 0.628. The van der Waals surface area contributed by atoms with Crippen molar-refractivity contribution in [1.29, 1.82) is 0 Å². The molecular formula is C22H23FN4O2. The normalized spacial score (nSPS) is 16.8. The van der Waals surface area contributed by atoms with Gasteiger partial charge < -0.3 is 9.42 Å². The predicted octanol–water partition coefficient (Wildman–Crippen LogP) is 4.56. The summed E-state index contributed by atoms with van der Waals surface area (Å²) in [5.41, 5.74) is 3.48. The van der Waals surface area contributed by atoms with E-state index in [4.69, 9.17) is 9.51 Å². The van der Waals surface area contributed by atoms with Gasteiger partial charge in [-0.15, -0.1) is 0 Å². The summed E-state index contributed by atoms with van der Waals surface area (Å²) in [4.78, 5) is 24.3. The number of carbonyl (C=O) groups excluding carboxylic acids is 1. The molecule has 1 fully saturated rings. The van der Waals surface area contributed by atoms with Gasteiger partial charge in [0.2, 0.25) is 0 Å². The SMILES string of the molecule is Cc1cc([C@@H]2CCCCN2C(=O)c2cccc(F)c2)nc(-c2c(C)noc2C)n1. The van der Waals surface area contributed by atoms with E-state index in [1.165, 1.54) is 12.1 Å². The van der Waals surface area contributed by atoms with Crippen LogP contribution in [0.3, 0.4) is 0 Å². The van der Waals surface area contributed by atoms with Gasteiger partial charge in [-0.25, -0.2) is 14.4 Å². The Morgan fingerprint density at radius 1 is 1.17 bits per heavy atom. The fourth-order valence-corrected chi connectivity index (χ4v) is 3.95. The second-order valence-electron chi connectivity index (χ2n) is 7.48. The number of hydrogen-bond acceptors (Lipinski definition) is 5. The first-order valence-corrected chi connectivity index (χ1v) is 9.79. The Bertz CT molecular complexity index is 1040. The zero-order chi connectivity index (χ0) is 20.5. The van der Waals surface area contributed by atoms with Crippen molar-refractivity contribution in [2.24, 2.45) is 0 Å². The Morgan fingerprint density at radius 2 is 2.00 bits per heavy atom. The van der Waals surface area contributed by atoms with Crippen molar-refractivity contribution in [1.82, 2.24) is 20.0 Å². The molecule has 4 rings (SSSR count). The molecule has 0 spiro atoms. The van der Waals surface area contributed by atoms with Crippen molar-refractivity contribution >= 4 is 5.91 Å². The van der Waals surface area contributed by atoms with Crippen molar-refractivity contribution in [3.63, 3.8) is 0 Å². The number of halogens is 1. The first kappa shape index (κ1) is 19.2. The zero-order valence-electron chi connectivity index (χ0n) is 16.8. The molecule has 6 nitrogen and oxygen atoms in total. The van der Waals surface area contributed by atoms with Gasteiger partial charge in [-0.1, -0.05) is 11.2 Å². The average Bonchev–Trinajstić information content (AvgIpc) is 3.05. The van der Waals surface area contributed by atoms with E-state index in [0.717, 1.165) is 41.9 Å². The maximum atomic E-state index is 13.6. The van der Waals surface area contributed by atoms with Gasteiger partial charge in [0.1, 0.15) is 11.6 Å². The highest BCUT2D eigenvalue weighted by atomic mass is 19.1. The Labute approximate surface area is 168 Å². The third-order valence-corrected chi connectivity index (χ3v) is 5.31. The van der Waals surface area contributed by atoms with Crippen LogP contribution in [0, 0.1) is 26.6 Å². The van der Waals surface area contributed by atoms with Crippen molar-refractivity contribution in [2.45, 2.75) is 46.1 Å². The number of rotatable bonds is 3. The van der Waals surface area contributed by atoms with Crippen LogP contribution in [0.2, 0.25) is 0 Å². The molecule has 0 bridgehead atoms. The topological polar surface area (TPSA) is 72.1 Å². The van der Waals surface area contributed by atoms with Crippen molar-refractivity contribution < 1.29 is 13.7 Å². The van der Waals surface area contributed by atoms with Gasteiger partial charge in [0.05, 0.1) is 23.0 Å². The van der Waals surface area contributed by atoms with E-state index in [1.54, 1.807) is 17.0 Å². The first-order chi connectivity index (χ1) is 13.9. The molecule has 29 heavy (non-hydrogen) atoms. The molecule has 1 saturated heterocycles. The van der Waals surface area contributed by atoms with E-state index in [0.29, 0.717) is 23.7 Å². The van der Waals surface area contributed by atoms with Crippen LogP contribution >= 0.6 is 0 Å². The molecule has 3 heterocycles. The molecular weight excluding hydrogens is 371 g/mol. The van der Waals surface area contributed by atoms with Crippen LogP contribution < -0.4 is 0 Å². The molecule has 1 amide bonds. The summed E-state index contributed by atoms with van der Waals surface area (Å²) < 4.78 is 18.9. The minimum Gasteiger partial charge on any atom is -0.361 e. The Balaban J connectivity index is 1.73. The smallest absolute Gasteiger partial charge is 0.254 e. The number of hydrogen-bond donors (Lipinski definition) is 0. The van der Waals surface area contributed by atoms with Gasteiger partial charge in [0.25, 0.3) is 5.91 Å². The van der Waals surface area contributed by atoms with Gasteiger partial charge in [-0.2, -0.15) is 0 Å². The predicted molar refractivity (Wildman–Crippen MR) is 106 cm³/mol. The quantitative estimate of drug-likeness (QED) is 0.651. The molecule has 3 aromatic rings. The van der Waals surface area contributed by atoms with Crippen molar-refractivity contribution in [3.05, 3.63) is 64.6 Å². The highest BCUT2D eigenvalue weighted by molar-refractivity contribution is 5.94. The van der Waals surface area contributed by atoms with Crippen LogP contribution in [0.4, 0.5) is 4.39 Å². The highest BCUT2D eigenvalue weighted by Crippen LogP contribution is 2.33. The zero-order valence-corrected chi connectivity index (χ0v) is 16.8. The molecule has 2 aromatic heterocycles. The van der Waals surface area contributed by atoms with Crippen molar-refractivity contribution in [2.75, 3.05) is 6.54 Å². The summed E-state index contributed by atoms with van der Waals surface area (Å²) >= 11 is 0. The lowest BCUT2D eigenvalue weighted by molar-refractivity contribution is 0.0605. The monoisotopic (exact) mass is 394 g/mol. The van der Waals surface area contributed by atoms with Crippen LogP contribution in [0.5, 0.6) is 0 Å². The average molecular weight is 394 g/mol. The molecule has 0 unspecified atom stereocenters. The van der Waals surface area contributed by atoms with E-state index in [2.05, 4.69) is 10.1 Å². The maximum absolute atomic E-state index is 13.6. The summed E-state index contributed by atoms with van der Waals surface area (Å²) in [6.07, 6.45) is 2.72. The van der Waals surface area contributed by atoms with Crippen LogP contribution in [0.15, 0.2) is 34.9 Å². The van der Waals surface area contributed by atoms with Crippen LogP contribution in [-0.2, 0) is 0 Å². The molecule has 7 heteroatoms. The number of carbonyl (C=O) groups is 1. The number of likely N-dealkylation sites (tertiary alicyclic amines) is 1. The molecule has 150 valence electrons. The number of aryl methyl sites for hydroxylation is 3. The molecule has 1 aliphatic heterocycles. The van der Waals surface area contributed by atoms with Crippen molar-refractivity contribution in [3.8, 4) is 11.4 Å². The number of piperidine rings is 1. The summed E-state index contributed by atoms with van der Waals surface area (Å²) in [5, 5.41) is 4.00. The summed E-state index contributed by atoms with van der Waals surface area (Å²) in [7, 11) is 0. The lowest BCUT2D eigenvalue weighted by atomic mass is 9.97. The van der Waals surface area contributed by atoms with Gasteiger partial charge in [0, 0.05) is 17.8 Å². The Kier molecular flexibility index (Phi) is 5.13. The summed E-state index contributed by atoms with van der Waals surface area (Å²) in [6.45, 7) is 6.22. The second-order valence-corrected chi connectivity index (χ2v) is 7.48. The van der Waals surface area contributed by atoms with Gasteiger partial charge in [-0.05, 0) is 64.3 Å². The Morgan fingerprint density at radius 3 is 2.72 bits per heavy atom. The number of benzene rings is 1. The number of aromatic nitrogens is 3. The fraction of sp³-hybridized carbons (Fsp3) is 0.364. The second kappa shape index (κ2) is 7.73. The van der Waals surface area contributed by atoms with Gasteiger partial charge in [-0.3, -0.25) is 4.79 Å². The summed E-state index contributed by atoms with van der Waals surface area (Å²) in [6, 6.07) is 7.58. The van der Waals surface area contributed by atoms with E-state index < -0.39 is 5.82 Å². The van der Waals surface area contributed by atoms with E-state index >= 15 is 0 Å². The van der Waals surface area contributed by atoms with E-state index in [-0.39, 0.29) is 11.9 Å². The number of nitrogens with zero attached hydrogens (tertiary/aromatic N) is 4. The van der Waals surface area contributed by atoms with E-state index in [9.17, 15) is 9.18 Å². The Hall–Kier alpha value is -3.09. The first-order valence-electron chi connectivity index (χ1n) is 9.79. The number of amides is 1. The molecule has 0 saturated carbocycles. The van der Waals surface area contributed by atoms with Gasteiger partial charge >= 0.3 is 0 Å². The van der Waals surface area contributed by atoms with E-state index in [1.807, 2.05) is 26.8 Å². The minimum atomic E-state index is -0.414.